The summed E-state index contributed by atoms with van der Waals surface area (Å²) in [7, 11) is 3.41. The first-order valence-electron chi connectivity index (χ1n) is 34.9. The van der Waals surface area contributed by atoms with Gasteiger partial charge in [0.15, 0.2) is 33.4 Å². The largest absolute Gasteiger partial charge is 0.461 e. The molecule has 0 radical (unpaired) electrons. The number of nitrogens with zero attached hydrogens (tertiary/aromatic N) is 5. The van der Waals surface area contributed by atoms with Gasteiger partial charge < -0.3 is 28.9 Å². The number of thioether (sulfide) groups is 2. The van der Waals surface area contributed by atoms with Crippen LogP contribution in [0.1, 0.15) is 146 Å². The van der Waals surface area contributed by atoms with Crippen molar-refractivity contribution < 1.29 is 37.6 Å². The Balaban J connectivity index is 0.000000132. The molecule has 3 N–H and O–H groups in total. The first-order chi connectivity index (χ1) is 50.7. The van der Waals surface area contributed by atoms with Crippen molar-refractivity contribution in [2.45, 2.75) is 126 Å². The van der Waals surface area contributed by atoms with Crippen LogP contribution >= 0.6 is 81.0 Å². The standard InChI is InChI=1S/C20H22N2OS.C17H17ClN4O2S.C17H21NO2.C15H12ClNO2.C13H11ClOS2/c23-18(16-4-2-1-3-5-16)22-19-21-17(12-24-19)20-9-13-6-14(10-20)8-15(7-13)11-20;1-10-7-11(2)15(12(18)8-10)19-14(23)9-25-17-21-20-16(22(17)3)13-5-4-6-24-13;1-3-4-5-14-6-8-15(9-7-14)11-16(19)12-17-10-13(2)18-20-17;1-19-15(10-6-8-11(16)9-7-10)13-5-3-2-4-12(13)14(18)17-15;14-13-7-6-12(17-13)11(15)8-9-16-10-4-2-1-3-5-10/h1-5,12-15H,6-11H2,(H,21,22,23);4-8H,9H2,1-3H3,(H,19,23);6-10H,3-5,11-12H2,1-2H3;2-9H,1H3,(H,17,18);1-7H,8-9H2. The molecule has 1 unspecified atom stereocenters. The lowest BCUT2D eigenvalue weighted by Gasteiger charge is -2.56. The van der Waals surface area contributed by atoms with Crippen molar-refractivity contribution in [3.63, 3.8) is 0 Å². The van der Waals surface area contributed by atoms with Crippen molar-refractivity contribution in [1.29, 1.82) is 0 Å². The van der Waals surface area contributed by atoms with E-state index in [-0.39, 0.29) is 35.0 Å². The van der Waals surface area contributed by atoms with Gasteiger partial charge in [-0.05, 0) is 185 Å². The van der Waals surface area contributed by atoms with Crippen LogP contribution in [0, 0.1) is 38.5 Å². The van der Waals surface area contributed by atoms with Crippen LogP contribution in [-0.4, -0.2) is 72.8 Å². The van der Waals surface area contributed by atoms with E-state index in [2.05, 4.69) is 80.0 Å². The Hall–Kier alpha value is -8.44. The zero-order valence-electron chi connectivity index (χ0n) is 59.3. The quantitative estimate of drug-likeness (QED) is 0.0425. The predicted octanol–water partition coefficient (Wildman–Crippen LogP) is 20.3. The van der Waals surface area contributed by atoms with E-state index in [1.807, 2.05) is 131 Å². The summed E-state index contributed by atoms with van der Waals surface area (Å²) in [5, 5.41) is 25.5. The molecule has 0 spiro atoms. The maximum Gasteiger partial charge on any atom is 0.257 e. The highest BCUT2D eigenvalue weighted by atomic mass is 35.5. The van der Waals surface area contributed by atoms with Crippen LogP contribution < -0.4 is 16.0 Å². The summed E-state index contributed by atoms with van der Waals surface area (Å²) in [4.78, 5) is 67.2. The van der Waals surface area contributed by atoms with E-state index in [1.165, 1.54) is 90.6 Å². The molecule has 1 aliphatic heterocycles. The molecule has 6 aromatic carbocycles. The van der Waals surface area contributed by atoms with Crippen LogP contribution in [0.15, 0.2) is 207 Å². The number of aromatic nitrogens is 5. The van der Waals surface area contributed by atoms with Gasteiger partial charge in [-0.2, -0.15) is 0 Å². The Bertz CT molecular complexity index is 4680. The lowest BCUT2D eigenvalue weighted by molar-refractivity contribution is -0.118. The maximum absolute atomic E-state index is 12.3. The summed E-state index contributed by atoms with van der Waals surface area (Å²) in [5.74, 6) is 5.63. The molecule has 5 aliphatic rings. The smallest absolute Gasteiger partial charge is 0.257 e. The van der Waals surface area contributed by atoms with Gasteiger partial charge in [0, 0.05) is 81.8 Å². The number of rotatable bonds is 22. The lowest BCUT2D eigenvalue weighted by atomic mass is 9.49. The number of unbranched alkanes of at least 4 members (excludes halogenated alkanes) is 1. The number of amides is 3. The van der Waals surface area contributed by atoms with Crippen molar-refractivity contribution >= 4 is 121 Å². The monoisotopic (exact) mass is 1540 g/mol. The Labute approximate surface area is 644 Å². The molecule has 23 heteroatoms. The van der Waals surface area contributed by atoms with Crippen molar-refractivity contribution in [2.75, 3.05) is 29.2 Å². The van der Waals surface area contributed by atoms with Gasteiger partial charge in [-0.3, -0.25) is 29.3 Å². The van der Waals surface area contributed by atoms with Gasteiger partial charge >= 0.3 is 0 Å². The summed E-state index contributed by atoms with van der Waals surface area (Å²) in [6.07, 6.45) is 14.7. The molecule has 6 heterocycles. The molecule has 0 saturated heterocycles. The summed E-state index contributed by atoms with van der Waals surface area (Å²) >= 11 is 23.9. The molecule has 4 aliphatic carbocycles. The third-order valence-corrected chi connectivity index (χ3v) is 23.4. The van der Waals surface area contributed by atoms with Crippen molar-refractivity contribution in [1.82, 2.24) is 30.2 Å². The predicted molar refractivity (Wildman–Crippen MR) is 423 cm³/mol. The topological polar surface area (TPSA) is 213 Å². The summed E-state index contributed by atoms with van der Waals surface area (Å²) in [6.45, 7) is 7.93. The van der Waals surface area contributed by atoms with Gasteiger partial charge in [-0.25, -0.2) is 4.98 Å². The summed E-state index contributed by atoms with van der Waals surface area (Å²) in [6, 6.07) is 55.3. The molecule has 16 rings (SSSR count). The van der Waals surface area contributed by atoms with E-state index in [9.17, 15) is 24.0 Å². The number of nitrogens with one attached hydrogen (secondary N) is 3. The summed E-state index contributed by atoms with van der Waals surface area (Å²) < 4.78 is 18.5. The van der Waals surface area contributed by atoms with Crippen LogP contribution in [0.3, 0.4) is 0 Å². The van der Waals surface area contributed by atoms with Crippen LogP contribution in [0.25, 0.3) is 11.6 Å². The number of furan rings is 1. The second-order valence-corrected chi connectivity index (χ2v) is 32.3. The number of hydrogen-bond donors (Lipinski definition) is 3. The molecule has 16 nitrogen and oxygen atoms in total. The van der Waals surface area contributed by atoms with E-state index >= 15 is 0 Å². The number of ether oxygens (including phenoxy) is 1. The first-order valence-corrected chi connectivity index (χ1v) is 39.7. The third kappa shape index (κ3) is 20.6. The zero-order valence-corrected chi connectivity index (χ0v) is 64.8. The molecule has 5 aromatic heterocycles. The first kappa shape index (κ1) is 77.7. The van der Waals surface area contributed by atoms with Gasteiger partial charge in [0.1, 0.15) is 11.5 Å². The van der Waals surface area contributed by atoms with E-state index in [0.717, 1.165) is 73.4 Å². The van der Waals surface area contributed by atoms with Crippen LogP contribution in [0.4, 0.5) is 10.8 Å². The number of aryl methyl sites for hydroxylation is 4. The SMILES string of the molecule is CCCCc1ccc(CC(=O)Cc2cc(C)no2)cc1.COC1(c2ccc(Cl)cc2)NC(=O)c2ccccc21.Cc1cc(C)c(NC(=O)CSc2nnc(-c3ccco3)n2C)c(Cl)c1.O=C(CCSc1ccccc1)c1ccc(Cl)s1.O=C(Nc1nc(C23CC4CC(CC(C4)C2)C3)cs1)c1ccccc1. The van der Waals surface area contributed by atoms with Crippen LogP contribution in [0.2, 0.25) is 14.4 Å². The minimum absolute atomic E-state index is 0.0676. The third-order valence-electron chi connectivity index (χ3n) is 18.8. The van der Waals surface area contributed by atoms with Crippen molar-refractivity contribution in [3.8, 4) is 11.6 Å². The number of halogens is 3. The molecule has 1 atom stereocenters. The Morgan fingerprint density at radius 1 is 0.752 bits per heavy atom. The Morgan fingerprint density at radius 2 is 1.44 bits per heavy atom. The van der Waals surface area contributed by atoms with Gasteiger partial charge in [-0.15, -0.1) is 44.6 Å². The van der Waals surface area contributed by atoms with Gasteiger partial charge in [0.05, 0.1) is 49.7 Å². The zero-order chi connectivity index (χ0) is 74.0. The second-order valence-electron chi connectivity index (χ2n) is 26.8. The van der Waals surface area contributed by atoms with E-state index in [0.29, 0.717) is 78.4 Å². The van der Waals surface area contributed by atoms with Gasteiger partial charge in [0.2, 0.25) is 5.91 Å². The van der Waals surface area contributed by atoms with Crippen LogP contribution in [-0.2, 0) is 51.8 Å². The highest BCUT2D eigenvalue weighted by Gasteiger charge is 2.53. The normalized spacial score (nSPS) is 17.8. The number of methoxy groups -OCH3 is 1. The number of benzene rings is 6. The molecule has 544 valence electrons. The highest BCUT2D eigenvalue weighted by molar-refractivity contribution is 7.99. The molecule has 3 amide bonds. The number of carbonyl (C=O) groups is 5. The fourth-order valence-electron chi connectivity index (χ4n) is 14.2. The van der Waals surface area contributed by atoms with Crippen LogP contribution in [0.5, 0.6) is 0 Å². The van der Waals surface area contributed by atoms with E-state index in [4.69, 9.17) is 53.5 Å². The Kier molecular flexibility index (Phi) is 27.2. The molecule has 4 saturated carbocycles. The molecular weight excluding hydrogens is 1460 g/mol. The number of thiophene rings is 1. The minimum Gasteiger partial charge on any atom is -0.461 e. The highest BCUT2D eigenvalue weighted by Crippen LogP contribution is 2.61. The average molecular weight is 1540 g/mol. The van der Waals surface area contributed by atoms with Gasteiger partial charge in [-0.1, -0.05) is 162 Å². The molecule has 4 fully saturated rings. The van der Waals surface area contributed by atoms with Gasteiger partial charge in [0.25, 0.3) is 11.8 Å². The fraction of sp³-hybridized carbons (Fsp3) is 0.305. The molecule has 105 heavy (non-hydrogen) atoms. The average Bonchev–Trinajstić information content (AvgIpc) is 1.73. The number of hydrogen-bond acceptors (Lipinski definition) is 16. The molecule has 11 aromatic rings. The number of fused-ring (bicyclic) bond motifs is 1. The number of carbonyl (C=O) groups excluding carboxylic acids is 5. The van der Waals surface area contributed by atoms with E-state index < -0.39 is 5.72 Å². The second kappa shape index (κ2) is 36.7. The number of ketones is 2. The number of Topliss-reactive ketones (excluding diaryl/α,β-unsaturated/α-hetero) is 2. The fourth-order valence-corrected chi connectivity index (χ4v) is 18.1. The lowest BCUT2D eigenvalue weighted by Crippen LogP contribution is -2.48. The van der Waals surface area contributed by atoms with Crippen molar-refractivity contribution in [2.24, 2.45) is 24.8 Å². The minimum atomic E-state index is -0.932. The molecule has 4 bridgehead atoms. The van der Waals surface area contributed by atoms with E-state index in [1.54, 1.807) is 77.4 Å². The molecular formula is C82H83Cl3N8O8S4. The number of anilines is 2. The number of thiazole rings is 1. The maximum atomic E-state index is 12.3. The summed E-state index contributed by atoms with van der Waals surface area (Å²) in [5.41, 5.74) is 9.46. The van der Waals surface area contributed by atoms with Crippen molar-refractivity contribution in [3.05, 3.63) is 268 Å². The Morgan fingerprint density at radius 3 is 2.08 bits per heavy atom.